The van der Waals surface area contributed by atoms with E-state index in [2.05, 4.69) is 28.3 Å². The van der Waals surface area contributed by atoms with Crippen LogP contribution in [0.4, 0.5) is 0 Å². The summed E-state index contributed by atoms with van der Waals surface area (Å²) >= 11 is 1.88. The fraction of sp³-hybridized carbons (Fsp3) is 0.667. The number of benzene rings is 1. The first-order chi connectivity index (χ1) is 14.2. The van der Waals surface area contributed by atoms with E-state index in [0.29, 0.717) is 17.2 Å². The van der Waals surface area contributed by atoms with Crippen LogP contribution in [0.3, 0.4) is 0 Å². The molecule has 7 nitrogen and oxygen atoms in total. The first kappa shape index (κ1) is 23.5. The molecule has 0 atom stereocenters. The first-order valence-electron chi connectivity index (χ1n) is 10.2. The van der Waals surface area contributed by atoms with Gasteiger partial charge in [0, 0.05) is 45.8 Å². The van der Waals surface area contributed by atoms with Crippen LogP contribution in [-0.4, -0.2) is 88.4 Å². The highest BCUT2D eigenvalue weighted by atomic mass is 32.2. The highest BCUT2D eigenvalue weighted by molar-refractivity contribution is 7.98. The number of nitrogens with zero attached hydrogens (tertiary/aromatic N) is 3. The highest BCUT2D eigenvalue weighted by Gasteiger charge is 2.21. The molecule has 29 heavy (non-hydrogen) atoms. The highest BCUT2D eigenvalue weighted by Crippen LogP contribution is 2.38. The van der Waals surface area contributed by atoms with E-state index >= 15 is 0 Å². The number of nitrogens with one attached hydrogen (secondary N) is 1. The van der Waals surface area contributed by atoms with Crippen molar-refractivity contribution in [2.75, 3.05) is 72.6 Å². The van der Waals surface area contributed by atoms with Crippen molar-refractivity contribution in [3.05, 3.63) is 17.7 Å². The summed E-state index contributed by atoms with van der Waals surface area (Å²) < 4.78 is 16.4. The Kier molecular flexibility index (Phi) is 10.3. The predicted molar refractivity (Wildman–Crippen MR) is 122 cm³/mol. The van der Waals surface area contributed by atoms with Crippen molar-refractivity contribution >= 4 is 17.7 Å². The number of thioether (sulfide) groups is 1. The van der Waals surface area contributed by atoms with Gasteiger partial charge in [-0.3, -0.25) is 9.89 Å². The third-order valence-electron chi connectivity index (χ3n) is 4.91. The van der Waals surface area contributed by atoms with E-state index in [1.54, 1.807) is 21.3 Å². The third-order valence-corrected chi connectivity index (χ3v) is 5.60. The molecule has 1 saturated heterocycles. The molecule has 1 heterocycles. The van der Waals surface area contributed by atoms with Gasteiger partial charge < -0.3 is 24.4 Å². The first-order valence-corrected chi connectivity index (χ1v) is 11.6. The summed E-state index contributed by atoms with van der Waals surface area (Å²) in [5, 5.41) is 3.44. The smallest absolute Gasteiger partial charge is 0.203 e. The molecular formula is C21H36N4O3S. The lowest BCUT2D eigenvalue weighted by Crippen LogP contribution is -2.52. The lowest BCUT2D eigenvalue weighted by Gasteiger charge is -2.36. The van der Waals surface area contributed by atoms with Crippen LogP contribution >= 0.6 is 11.8 Å². The maximum Gasteiger partial charge on any atom is 0.203 e. The molecule has 1 fully saturated rings. The van der Waals surface area contributed by atoms with Crippen molar-refractivity contribution in [2.24, 2.45) is 4.99 Å². The molecule has 0 aliphatic carbocycles. The molecule has 0 radical (unpaired) electrons. The van der Waals surface area contributed by atoms with Crippen molar-refractivity contribution in [1.29, 1.82) is 0 Å². The quantitative estimate of drug-likeness (QED) is 0.352. The zero-order chi connectivity index (χ0) is 21.1. The van der Waals surface area contributed by atoms with Gasteiger partial charge >= 0.3 is 0 Å². The molecule has 0 bridgehead atoms. The number of piperazine rings is 1. The van der Waals surface area contributed by atoms with E-state index < -0.39 is 0 Å². The third kappa shape index (κ3) is 6.89. The summed E-state index contributed by atoms with van der Waals surface area (Å²) in [4.78, 5) is 9.62. The van der Waals surface area contributed by atoms with Crippen molar-refractivity contribution < 1.29 is 14.2 Å². The minimum atomic E-state index is 0.636. The van der Waals surface area contributed by atoms with E-state index in [9.17, 15) is 0 Å². The van der Waals surface area contributed by atoms with Gasteiger partial charge in [0.25, 0.3) is 0 Å². The number of ether oxygens (including phenoxy) is 3. The number of aliphatic imine (C=N–C) groups is 1. The lowest BCUT2D eigenvalue weighted by molar-refractivity contribution is 0.172. The average Bonchev–Trinajstić information content (AvgIpc) is 2.75. The number of guanidine groups is 1. The molecule has 1 aromatic carbocycles. The van der Waals surface area contributed by atoms with Gasteiger partial charge in [0.2, 0.25) is 5.75 Å². The van der Waals surface area contributed by atoms with E-state index in [4.69, 9.17) is 19.2 Å². The molecule has 8 heteroatoms. The second kappa shape index (κ2) is 12.7. The fourth-order valence-corrected chi connectivity index (χ4v) is 3.84. The Balaban J connectivity index is 1.96. The zero-order valence-corrected chi connectivity index (χ0v) is 19.3. The van der Waals surface area contributed by atoms with Crippen molar-refractivity contribution in [3.63, 3.8) is 0 Å². The van der Waals surface area contributed by atoms with Crippen LogP contribution < -0.4 is 19.5 Å². The van der Waals surface area contributed by atoms with Gasteiger partial charge in [0.1, 0.15) is 0 Å². The fourth-order valence-electron chi connectivity index (χ4n) is 3.42. The maximum atomic E-state index is 5.48. The average molecular weight is 425 g/mol. The van der Waals surface area contributed by atoms with E-state index in [1.807, 2.05) is 23.9 Å². The Morgan fingerprint density at radius 1 is 1.07 bits per heavy atom. The van der Waals surface area contributed by atoms with E-state index in [0.717, 1.165) is 69.5 Å². The summed E-state index contributed by atoms with van der Waals surface area (Å²) in [5.74, 6) is 4.24. The van der Waals surface area contributed by atoms with Crippen LogP contribution in [0.5, 0.6) is 17.2 Å². The number of hydrogen-bond donors (Lipinski definition) is 1. The van der Waals surface area contributed by atoms with Gasteiger partial charge in [0.15, 0.2) is 17.5 Å². The van der Waals surface area contributed by atoms with Crippen molar-refractivity contribution in [1.82, 2.24) is 15.1 Å². The van der Waals surface area contributed by atoms with Gasteiger partial charge in [0.05, 0.1) is 21.3 Å². The predicted octanol–water partition coefficient (Wildman–Crippen LogP) is 2.55. The molecular weight excluding hydrogens is 388 g/mol. The molecule has 1 N–H and O–H groups in total. The van der Waals surface area contributed by atoms with Crippen LogP contribution in [-0.2, 0) is 6.54 Å². The van der Waals surface area contributed by atoms with Crippen LogP contribution in [0.15, 0.2) is 17.1 Å². The van der Waals surface area contributed by atoms with E-state index in [-0.39, 0.29) is 0 Å². The largest absolute Gasteiger partial charge is 0.493 e. The molecule has 1 aliphatic rings. The maximum absolute atomic E-state index is 5.48. The molecule has 0 unspecified atom stereocenters. The van der Waals surface area contributed by atoms with E-state index in [1.165, 1.54) is 0 Å². The van der Waals surface area contributed by atoms with Crippen molar-refractivity contribution in [2.45, 2.75) is 19.9 Å². The topological polar surface area (TPSA) is 58.6 Å². The van der Waals surface area contributed by atoms with Crippen LogP contribution in [0, 0.1) is 0 Å². The molecule has 1 aliphatic heterocycles. The van der Waals surface area contributed by atoms with Gasteiger partial charge in [-0.1, -0.05) is 0 Å². The lowest BCUT2D eigenvalue weighted by atomic mass is 10.1. The molecule has 0 saturated carbocycles. The minimum absolute atomic E-state index is 0.636. The second-order valence-corrected chi connectivity index (χ2v) is 7.86. The molecule has 0 spiro atoms. The summed E-state index contributed by atoms with van der Waals surface area (Å²) in [6.45, 7) is 8.68. The molecule has 0 amide bonds. The SMILES string of the molecule is CCNC(=NCCCSC)N1CCN(Cc2cc(OC)c(OC)c(OC)c2)CC1. The normalized spacial score (nSPS) is 15.3. The molecule has 1 aromatic rings. The van der Waals surface area contributed by atoms with Gasteiger partial charge in [-0.15, -0.1) is 0 Å². The Hall–Kier alpha value is -1.80. The van der Waals surface area contributed by atoms with Gasteiger partial charge in [-0.25, -0.2) is 0 Å². The standard InChI is InChI=1S/C21H36N4O3S/c1-6-22-21(23-8-7-13-29-5)25-11-9-24(10-12-25)16-17-14-18(26-2)20(28-4)19(15-17)27-3/h14-15H,6-13,16H2,1-5H3,(H,22,23). The summed E-state index contributed by atoms with van der Waals surface area (Å²) in [5.41, 5.74) is 1.16. The Morgan fingerprint density at radius 2 is 1.72 bits per heavy atom. The van der Waals surface area contributed by atoms with Crippen LogP contribution in [0.1, 0.15) is 18.9 Å². The minimum Gasteiger partial charge on any atom is -0.493 e. The molecule has 2 rings (SSSR count). The van der Waals surface area contributed by atoms with Crippen LogP contribution in [0.2, 0.25) is 0 Å². The number of methoxy groups -OCH3 is 3. The zero-order valence-electron chi connectivity index (χ0n) is 18.5. The number of hydrogen-bond acceptors (Lipinski definition) is 6. The Morgan fingerprint density at radius 3 is 2.24 bits per heavy atom. The molecule has 164 valence electrons. The van der Waals surface area contributed by atoms with Crippen LogP contribution in [0.25, 0.3) is 0 Å². The van der Waals surface area contributed by atoms with Crippen molar-refractivity contribution in [3.8, 4) is 17.2 Å². The summed E-state index contributed by atoms with van der Waals surface area (Å²) in [6, 6.07) is 4.07. The van der Waals surface area contributed by atoms with Gasteiger partial charge in [-0.05, 0) is 43.0 Å². The summed E-state index contributed by atoms with van der Waals surface area (Å²) in [6.07, 6.45) is 3.26. The Bertz CT molecular complexity index is 624. The summed E-state index contributed by atoms with van der Waals surface area (Å²) in [7, 11) is 4.94. The van der Waals surface area contributed by atoms with Gasteiger partial charge in [-0.2, -0.15) is 11.8 Å². The Labute approximate surface area is 179 Å². The molecule has 0 aromatic heterocycles. The number of rotatable bonds is 10. The second-order valence-electron chi connectivity index (χ2n) is 6.88. The monoisotopic (exact) mass is 424 g/mol.